The molecule has 2 amide bonds. The van der Waals surface area contributed by atoms with E-state index in [0.717, 1.165) is 58.2 Å². The van der Waals surface area contributed by atoms with Crippen LogP contribution < -0.4 is 10.6 Å². The predicted octanol–water partition coefficient (Wildman–Crippen LogP) is 2.21. The van der Waals surface area contributed by atoms with E-state index in [-0.39, 0.29) is 36.2 Å². The van der Waals surface area contributed by atoms with Crippen LogP contribution >= 0.6 is 0 Å². The van der Waals surface area contributed by atoms with Crippen LogP contribution in [0, 0.1) is 11.8 Å². The third-order valence-electron chi connectivity index (χ3n) is 7.29. The van der Waals surface area contributed by atoms with E-state index in [9.17, 15) is 9.59 Å². The SMILES string of the molecule is CCC(CNC)C1CCC2C(C1)N(C(=O)OC1CCCNC1)CC(C)N2C(C)=O. The highest BCUT2D eigenvalue weighted by atomic mass is 16.6. The summed E-state index contributed by atoms with van der Waals surface area (Å²) in [5, 5.41) is 6.65. The summed E-state index contributed by atoms with van der Waals surface area (Å²) in [6.07, 6.45) is 5.92. The normalized spacial score (nSPS) is 33.7. The summed E-state index contributed by atoms with van der Waals surface area (Å²) < 4.78 is 5.90. The van der Waals surface area contributed by atoms with Gasteiger partial charge in [-0.2, -0.15) is 0 Å². The maximum absolute atomic E-state index is 13.2. The molecular weight excluding hydrogens is 368 g/mol. The number of nitrogens with zero attached hydrogens (tertiary/aromatic N) is 2. The first-order valence-electron chi connectivity index (χ1n) is 11.6. The first kappa shape index (κ1) is 22.3. The molecule has 2 N–H and O–H groups in total. The molecule has 6 unspecified atom stereocenters. The molecule has 1 aliphatic carbocycles. The van der Waals surface area contributed by atoms with Crippen molar-refractivity contribution in [3.63, 3.8) is 0 Å². The molecule has 0 aromatic rings. The summed E-state index contributed by atoms with van der Waals surface area (Å²) >= 11 is 0. The number of rotatable bonds is 5. The molecule has 0 aromatic carbocycles. The van der Waals surface area contributed by atoms with Gasteiger partial charge in [-0.15, -0.1) is 0 Å². The van der Waals surface area contributed by atoms with E-state index in [4.69, 9.17) is 4.74 Å². The van der Waals surface area contributed by atoms with E-state index in [2.05, 4.69) is 24.5 Å². The summed E-state index contributed by atoms with van der Waals surface area (Å²) in [5.41, 5.74) is 0. The van der Waals surface area contributed by atoms with Crippen molar-refractivity contribution in [3.05, 3.63) is 0 Å². The maximum Gasteiger partial charge on any atom is 0.410 e. The van der Waals surface area contributed by atoms with Crippen LogP contribution in [0.1, 0.15) is 59.3 Å². The highest BCUT2D eigenvalue weighted by Gasteiger charge is 2.47. The highest BCUT2D eigenvalue weighted by Crippen LogP contribution is 2.39. The van der Waals surface area contributed by atoms with E-state index < -0.39 is 0 Å². The number of hydrogen-bond acceptors (Lipinski definition) is 5. The van der Waals surface area contributed by atoms with E-state index >= 15 is 0 Å². The molecule has 2 heterocycles. The van der Waals surface area contributed by atoms with Crippen molar-refractivity contribution in [1.82, 2.24) is 20.4 Å². The summed E-state index contributed by atoms with van der Waals surface area (Å²) in [5.74, 6) is 1.30. The molecule has 0 radical (unpaired) electrons. The van der Waals surface area contributed by atoms with Crippen molar-refractivity contribution in [2.75, 3.05) is 33.2 Å². The van der Waals surface area contributed by atoms with Gasteiger partial charge < -0.3 is 25.2 Å². The maximum atomic E-state index is 13.2. The van der Waals surface area contributed by atoms with Crippen LogP contribution in [0.25, 0.3) is 0 Å². The summed E-state index contributed by atoms with van der Waals surface area (Å²) in [7, 11) is 2.01. The van der Waals surface area contributed by atoms with Crippen molar-refractivity contribution < 1.29 is 14.3 Å². The van der Waals surface area contributed by atoms with Gasteiger partial charge in [0.25, 0.3) is 0 Å². The minimum Gasteiger partial charge on any atom is -0.445 e. The molecule has 0 aromatic heterocycles. The zero-order valence-corrected chi connectivity index (χ0v) is 18.7. The molecule has 3 rings (SSSR count). The lowest BCUT2D eigenvalue weighted by molar-refractivity contribution is -0.142. The number of nitrogens with one attached hydrogen (secondary N) is 2. The highest BCUT2D eigenvalue weighted by molar-refractivity contribution is 5.75. The monoisotopic (exact) mass is 408 g/mol. The standard InChI is InChI=1S/C22H40N4O3/c1-5-17(12-23-4)18-8-9-20-21(11-18)25(14-15(2)26(20)16(3)27)22(28)29-19-7-6-10-24-13-19/h15,17-21,23-24H,5-14H2,1-4H3. The molecule has 3 fully saturated rings. The van der Waals surface area contributed by atoms with Crippen molar-refractivity contribution in [2.24, 2.45) is 11.8 Å². The van der Waals surface area contributed by atoms with Crippen LogP contribution in [0.5, 0.6) is 0 Å². The van der Waals surface area contributed by atoms with Crippen LogP contribution in [0.3, 0.4) is 0 Å². The van der Waals surface area contributed by atoms with Crippen molar-refractivity contribution in [3.8, 4) is 0 Å². The molecule has 2 aliphatic heterocycles. The molecule has 29 heavy (non-hydrogen) atoms. The van der Waals surface area contributed by atoms with Gasteiger partial charge in [-0.05, 0) is 71.0 Å². The molecule has 7 nitrogen and oxygen atoms in total. The lowest BCUT2D eigenvalue weighted by atomic mass is 9.72. The molecule has 2 saturated heterocycles. The average Bonchev–Trinajstić information content (AvgIpc) is 2.71. The molecular formula is C22H40N4O3. The van der Waals surface area contributed by atoms with Gasteiger partial charge in [0.05, 0.1) is 12.1 Å². The third-order valence-corrected chi connectivity index (χ3v) is 7.29. The Balaban J connectivity index is 1.77. The molecule has 7 heteroatoms. The van der Waals surface area contributed by atoms with Crippen LogP contribution in [-0.4, -0.2) is 79.3 Å². The van der Waals surface area contributed by atoms with Crippen LogP contribution in [0.15, 0.2) is 0 Å². The second kappa shape index (κ2) is 10.1. The minimum absolute atomic E-state index is 0.0293. The van der Waals surface area contributed by atoms with Gasteiger partial charge in [0.1, 0.15) is 6.10 Å². The fourth-order valence-electron chi connectivity index (χ4n) is 5.88. The number of piperazine rings is 1. The Labute approximate surface area is 175 Å². The first-order chi connectivity index (χ1) is 14.0. The second-order valence-corrected chi connectivity index (χ2v) is 9.21. The molecule has 0 bridgehead atoms. The van der Waals surface area contributed by atoms with Gasteiger partial charge in [0.2, 0.25) is 5.91 Å². The zero-order chi connectivity index (χ0) is 21.0. The van der Waals surface area contributed by atoms with Crippen molar-refractivity contribution >= 4 is 12.0 Å². The first-order valence-corrected chi connectivity index (χ1v) is 11.6. The van der Waals surface area contributed by atoms with Gasteiger partial charge in [-0.3, -0.25) is 4.79 Å². The van der Waals surface area contributed by atoms with Gasteiger partial charge >= 0.3 is 6.09 Å². The number of hydrogen-bond donors (Lipinski definition) is 2. The number of fused-ring (bicyclic) bond motifs is 1. The Kier molecular flexibility index (Phi) is 7.79. The number of amides is 2. The van der Waals surface area contributed by atoms with Crippen LogP contribution in [-0.2, 0) is 9.53 Å². The van der Waals surface area contributed by atoms with Gasteiger partial charge in [0, 0.05) is 26.1 Å². The number of piperidine rings is 1. The van der Waals surface area contributed by atoms with E-state index in [1.54, 1.807) is 6.92 Å². The summed E-state index contributed by atoms with van der Waals surface area (Å²) in [4.78, 5) is 29.6. The minimum atomic E-state index is -0.189. The molecule has 1 saturated carbocycles. The van der Waals surface area contributed by atoms with E-state index in [0.29, 0.717) is 18.4 Å². The topological polar surface area (TPSA) is 73.9 Å². The molecule has 0 spiro atoms. The second-order valence-electron chi connectivity index (χ2n) is 9.21. The fourth-order valence-corrected chi connectivity index (χ4v) is 5.88. The Bertz CT molecular complexity index is 566. The van der Waals surface area contributed by atoms with Crippen LogP contribution in [0.4, 0.5) is 4.79 Å². The van der Waals surface area contributed by atoms with Gasteiger partial charge in [-0.1, -0.05) is 13.3 Å². The fraction of sp³-hybridized carbons (Fsp3) is 0.909. The summed E-state index contributed by atoms with van der Waals surface area (Å²) in [6.45, 7) is 9.28. The zero-order valence-electron chi connectivity index (χ0n) is 18.7. The van der Waals surface area contributed by atoms with Gasteiger partial charge in [0.15, 0.2) is 0 Å². The Morgan fingerprint density at radius 1 is 1.24 bits per heavy atom. The Morgan fingerprint density at radius 3 is 2.66 bits per heavy atom. The smallest absolute Gasteiger partial charge is 0.410 e. The number of carbonyl (C=O) groups is 2. The molecule has 6 atom stereocenters. The lowest BCUT2D eigenvalue weighted by Gasteiger charge is -2.54. The van der Waals surface area contributed by atoms with E-state index in [1.807, 2.05) is 16.8 Å². The summed E-state index contributed by atoms with van der Waals surface area (Å²) in [6, 6.07) is 0.196. The Hall–Kier alpha value is -1.34. The quantitative estimate of drug-likeness (QED) is 0.730. The Morgan fingerprint density at radius 2 is 2.03 bits per heavy atom. The predicted molar refractivity (Wildman–Crippen MR) is 114 cm³/mol. The average molecular weight is 409 g/mol. The number of ether oxygens (including phenoxy) is 1. The van der Waals surface area contributed by atoms with Gasteiger partial charge in [-0.25, -0.2) is 4.79 Å². The lowest BCUT2D eigenvalue weighted by Crippen LogP contribution is -2.67. The van der Waals surface area contributed by atoms with Crippen molar-refractivity contribution in [2.45, 2.75) is 83.5 Å². The largest absolute Gasteiger partial charge is 0.445 e. The third kappa shape index (κ3) is 5.05. The molecule has 3 aliphatic rings. The molecule has 166 valence electrons. The van der Waals surface area contributed by atoms with Crippen molar-refractivity contribution in [1.29, 1.82) is 0 Å². The van der Waals surface area contributed by atoms with Crippen LogP contribution in [0.2, 0.25) is 0 Å². The van der Waals surface area contributed by atoms with E-state index in [1.165, 1.54) is 0 Å². The number of carbonyl (C=O) groups excluding carboxylic acids is 2.